The van der Waals surface area contributed by atoms with E-state index in [0.29, 0.717) is 47.0 Å². The SMILES string of the molecule is CCCCCCCc1cc(Oc2ccc(O)cc2)ccc1S(=O)(=O)O.CCCCCCCc1cc(Oc2ccc([O-])cc2)ccc1S(=O)(=O)[O-].[Ca+2]. The second-order valence-electron chi connectivity index (χ2n) is 12.0. The van der Waals surface area contributed by atoms with Gasteiger partial charge in [-0.05, 0) is 110 Å². The van der Waals surface area contributed by atoms with Gasteiger partial charge in [-0.25, -0.2) is 8.42 Å². The van der Waals surface area contributed by atoms with Crippen molar-refractivity contribution in [2.45, 2.75) is 101 Å². The van der Waals surface area contributed by atoms with Crippen LogP contribution in [0.4, 0.5) is 0 Å². The first-order chi connectivity index (χ1) is 23.8. The molecule has 0 saturated heterocycles. The fraction of sp³-hybridized carbons (Fsp3) is 0.368. The minimum absolute atomic E-state index is 0. The van der Waals surface area contributed by atoms with Gasteiger partial charge in [0.15, 0.2) is 0 Å². The summed E-state index contributed by atoms with van der Waals surface area (Å²) in [5, 5.41) is 20.4. The Bertz CT molecular complexity index is 1710. The van der Waals surface area contributed by atoms with Crippen LogP contribution in [-0.2, 0) is 33.1 Å². The molecule has 0 aliphatic rings. The number of aromatic hydroxyl groups is 1. The standard InChI is InChI=1S/2C19H24O5S.Ca/c2*1-2-3-4-5-6-7-15-14-18(12-13-19(15)25(21,22)23)24-17-10-8-16(20)9-11-17;/h2*8-14,20H,2-7H2,1H3,(H,21,22,23);/q;;+2/p-2. The van der Waals surface area contributed by atoms with Gasteiger partial charge in [0.2, 0.25) is 0 Å². The molecule has 0 heterocycles. The summed E-state index contributed by atoms with van der Waals surface area (Å²) in [5.74, 6) is 1.96. The number of phenols is 1. The van der Waals surface area contributed by atoms with Crippen LogP contribution in [0.1, 0.15) is 89.2 Å². The molecule has 0 unspecified atom stereocenters. The maximum atomic E-state index is 11.6. The van der Waals surface area contributed by atoms with Gasteiger partial charge in [-0.3, -0.25) is 4.55 Å². The van der Waals surface area contributed by atoms with Crippen LogP contribution in [0.25, 0.3) is 0 Å². The maximum absolute atomic E-state index is 11.6. The molecule has 10 nitrogen and oxygen atoms in total. The normalized spacial score (nSPS) is 11.2. The number of phenolic OH excluding ortho intramolecular Hbond substituents is 1. The van der Waals surface area contributed by atoms with E-state index in [9.17, 15) is 36.2 Å². The predicted octanol–water partition coefficient (Wildman–Crippen LogP) is 8.53. The number of hydrogen-bond donors (Lipinski definition) is 2. The third-order valence-corrected chi connectivity index (χ3v) is 9.73. The van der Waals surface area contributed by atoms with Crippen LogP contribution in [0.5, 0.6) is 34.5 Å². The van der Waals surface area contributed by atoms with Gasteiger partial charge in [0, 0.05) is 0 Å². The van der Waals surface area contributed by atoms with Crippen molar-refractivity contribution in [3.05, 3.63) is 96.1 Å². The van der Waals surface area contributed by atoms with Gasteiger partial charge in [-0.1, -0.05) is 77.3 Å². The van der Waals surface area contributed by atoms with E-state index < -0.39 is 20.2 Å². The zero-order chi connectivity index (χ0) is 36.6. The molecule has 0 saturated carbocycles. The van der Waals surface area contributed by atoms with E-state index in [1.165, 1.54) is 48.5 Å². The second kappa shape index (κ2) is 22.3. The monoisotopic (exact) mass is 766 g/mol. The minimum Gasteiger partial charge on any atom is -0.872 e. The molecule has 0 aliphatic carbocycles. The van der Waals surface area contributed by atoms with Crippen LogP contribution in [0.15, 0.2) is 94.7 Å². The smallest absolute Gasteiger partial charge is 0.872 e. The van der Waals surface area contributed by atoms with Crippen molar-refractivity contribution in [2.75, 3.05) is 0 Å². The van der Waals surface area contributed by atoms with E-state index in [0.717, 1.165) is 64.2 Å². The van der Waals surface area contributed by atoms with Gasteiger partial charge in [0.1, 0.15) is 38.9 Å². The first kappa shape index (κ1) is 44.3. The number of ether oxygens (including phenoxy) is 2. The van der Waals surface area contributed by atoms with Crippen LogP contribution in [0.2, 0.25) is 0 Å². The summed E-state index contributed by atoms with van der Waals surface area (Å²) >= 11 is 0. The summed E-state index contributed by atoms with van der Waals surface area (Å²) in [4.78, 5) is -0.258. The Morgan fingerprint density at radius 1 is 0.569 bits per heavy atom. The average molecular weight is 767 g/mol. The van der Waals surface area contributed by atoms with Crippen molar-refractivity contribution in [2.24, 2.45) is 0 Å². The summed E-state index contributed by atoms with van der Waals surface area (Å²) in [6, 6.07) is 21.0. The molecule has 0 aliphatic heterocycles. The largest absolute Gasteiger partial charge is 2.00 e. The molecule has 0 bridgehead atoms. The number of hydrogen-bond acceptors (Lipinski definition) is 9. The summed E-state index contributed by atoms with van der Waals surface area (Å²) in [6.45, 7) is 4.27. The molecule has 272 valence electrons. The maximum Gasteiger partial charge on any atom is 2.00 e. The van der Waals surface area contributed by atoms with Gasteiger partial charge in [0.05, 0.1) is 9.79 Å². The molecule has 0 amide bonds. The second-order valence-corrected chi connectivity index (χ2v) is 14.7. The Labute approximate surface area is 332 Å². The van der Waals surface area contributed by atoms with Gasteiger partial charge >= 0.3 is 37.7 Å². The van der Waals surface area contributed by atoms with E-state index in [1.54, 1.807) is 36.4 Å². The molecule has 4 rings (SSSR count). The summed E-state index contributed by atoms with van der Waals surface area (Å²) < 4.78 is 78.3. The fourth-order valence-electron chi connectivity index (χ4n) is 5.26. The van der Waals surface area contributed by atoms with Crippen molar-refractivity contribution < 1.29 is 45.6 Å². The van der Waals surface area contributed by atoms with E-state index >= 15 is 0 Å². The van der Waals surface area contributed by atoms with Crippen molar-refractivity contribution in [3.8, 4) is 34.5 Å². The molecule has 0 atom stereocenters. The van der Waals surface area contributed by atoms with E-state index in [4.69, 9.17) is 9.47 Å². The van der Waals surface area contributed by atoms with E-state index in [1.807, 2.05) is 0 Å². The van der Waals surface area contributed by atoms with Crippen LogP contribution in [0, 0.1) is 0 Å². The molecule has 0 aromatic heterocycles. The molecule has 0 fully saturated rings. The fourth-order valence-corrected chi connectivity index (χ4v) is 6.71. The van der Waals surface area contributed by atoms with Crippen molar-refractivity contribution in [1.82, 2.24) is 0 Å². The zero-order valence-corrected chi connectivity index (χ0v) is 33.1. The molecule has 51 heavy (non-hydrogen) atoms. The molecular formula is C38H46CaO10S2. The number of benzene rings is 4. The Morgan fingerprint density at radius 3 is 1.39 bits per heavy atom. The molecule has 4 aromatic rings. The van der Waals surface area contributed by atoms with Crippen molar-refractivity contribution in [3.63, 3.8) is 0 Å². The van der Waals surface area contributed by atoms with Gasteiger partial charge < -0.3 is 24.2 Å². The van der Waals surface area contributed by atoms with Crippen LogP contribution in [-0.4, -0.2) is 68.8 Å². The Morgan fingerprint density at radius 2 is 0.961 bits per heavy atom. The molecular weight excluding hydrogens is 721 g/mol. The van der Waals surface area contributed by atoms with Crippen LogP contribution in [0.3, 0.4) is 0 Å². The third kappa shape index (κ3) is 16.2. The van der Waals surface area contributed by atoms with Gasteiger partial charge in [-0.2, -0.15) is 8.42 Å². The number of aryl methyl sites for hydroxylation is 2. The molecule has 2 N–H and O–H groups in total. The Kier molecular flexibility index (Phi) is 19.4. The Hall–Kier alpha value is -2.84. The molecule has 0 spiro atoms. The van der Waals surface area contributed by atoms with Crippen molar-refractivity contribution in [1.29, 1.82) is 0 Å². The summed E-state index contributed by atoms with van der Waals surface area (Å²) in [5.41, 5.74) is 1.03. The van der Waals surface area contributed by atoms with E-state index in [2.05, 4.69) is 13.8 Å². The first-order valence-corrected chi connectivity index (χ1v) is 19.8. The molecule has 0 radical (unpaired) electrons. The van der Waals surface area contributed by atoms with E-state index in [-0.39, 0.29) is 59.0 Å². The predicted molar refractivity (Wildman–Crippen MR) is 195 cm³/mol. The first-order valence-electron chi connectivity index (χ1n) is 16.9. The molecule has 4 aromatic carbocycles. The number of rotatable bonds is 18. The third-order valence-electron chi connectivity index (χ3n) is 7.84. The average Bonchev–Trinajstić information content (AvgIpc) is 3.06. The van der Waals surface area contributed by atoms with Crippen LogP contribution >= 0.6 is 0 Å². The minimum atomic E-state index is -4.52. The summed E-state index contributed by atoms with van der Waals surface area (Å²) in [6.07, 6.45) is 11.5. The van der Waals surface area contributed by atoms with Crippen LogP contribution < -0.4 is 14.6 Å². The van der Waals surface area contributed by atoms with Gasteiger partial charge in [-0.15, -0.1) is 5.75 Å². The Balaban J connectivity index is 0.000000347. The summed E-state index contributed by atoms with van der Waals surface area (Å²) in [7, 11) is -8.79. The zero-order valence-electron chi connectivity index (χ0n) is 29.3. The molecule has 13 heteroatoms. The van der Waals surface area contributed by atoms with Crippen molar-refractivity contribution >= 4 is 58.0 Å². The number of unbranched alkanes of at least 4 members (excludes halogenated alkanes) is 8. The van der Waals surface area contributed by atoms with Gasteiger partial charge in [0.25, 0.3) is 10.1 Å². The topological polar surface area (TPSA) is 173 Å². The quantitative estimate of drug-likeness (QED) is 0.0568.